The van der Waals surface area contributed by atoms with Gasteiger partial charge in [-0.3, -0.25) is 29.0 Å². The van der Waals surface area contributed by atoms with Crippen LogP contribution in [-0.2, 0) is 23.9 Å². The molecule has 342 valence electrons. The molecule has 2 aromatic heterocycles. The second-order valence-corrected chi connectivity index (χ2v) is 18.9. The molecule has 0 bridgehead atoms. The standard InChI is InChI=1S/C46H66ClN11O5/c47-35-8-6-33(7-9-35)39(53-45(62)46(48)16-24-57(25-17-46)43-38-10-18-49-42(38)50-31-51-43)15-21-54-26-28-56(29-27-54)40(60)30-55-19-11-36(12-20-55)63-37-13-22-58(23-14-37)44(61)41(52-32-59)34-4-2-1-3-5-34/h6-10,18,31-32,34,36-37,39,41H,1-5,11-17,19-30,48H2,(H,52,59)(H,53,62)(H,49,50,51). The SMILES string of the molecule is NC1(C(=O)NC(CCN2CCN(C(=O)CN3CCC(OC4CCN(C(=O)C(NC=O)C5CCCCC5)CC4)CC3)CC2)c2ccc(Cl)cc2)CCN(c2ncnc3[nH]ccc23)CC1. The van der Waals surface area contributed by atoms with Crippen LogP contribution in [0, 0.1) is 5.92 Å². The van der Waals surface area contributed by atoms with Crippen LogP contribution < -0.4 is 21.3 Å². The highest BCUT2D eigenvalue weighted by atomic mass is 35.5. The largest absolute Gasteiger partial charge is 0.375 e. The van der Waals surface area contributed by atoms with Gasteiger partial charge in [-0.2, -0.15) is 0 Å². The van der Waals surface area contributed by atoms with E-state index < -0.39 is 11.6 Å². The van der Waals surface area contributed by atoms with E-state index in [1.54, 1.807) is 6.33 Å². The number of aromatic amines is 1. The van der Waals surface area contributed by atoms with Gasteiger partial charge in [0.15, 0.2) is 0 Å². The number of benzene rings is 1. The fourth-order valence-electron chi connectivity index (χ4n) is 10.4. The number of fused-ring (bicyclic) bond motifs is 1. The van der Waals surface area contributed by atoms with Crippen LogP contribution in [-0.4, -0.2) is 161 Å². The molecule has 0 radical (unpaired) electrons. The Bertz CT molecular complexity index is 1980. The average molecular weight is 889 g/mol. The topological polar surface area (TPSA) is 185 Å². The summed E-state index contributed by atoms with van der Waals surface area (Å²) >= 11 is 6.25. The van der Waals surface area contributed by atoms with E-state index in [1.165, 1.54) is 6.42 Å². The van der Waals surface area contributed by atoms with Crippen LogP contribution in [0.3, 0.4) is 0 Å². The number of piperidine rings is 3. The number of ether oxygens (including phenoxy) is 1. The van der Waals surface area contributed by atoms with Gasteiger partial charge in [0.2, 0.25) is 24.1 Å². The smallest absolute Gasteiger partial charge is 0.245 e. The molecule has 0 spiro atoms. The molecule has 1 aromatic carbocycles. The van der Waals surface area contributed by atoms with Gasteiger partial charge in [-0.15, -0.1) is 0 Å². The van der Waals surface area contributed by atoms with Crippen molar-refractivity contribution in [1.82, 2.24) is 45.2 Å². The molecule has 16 nitrogen and oxygen atoms in total. The van der Waals surface area contributed by atoms with E-state index in [2.05, 4.69) is 40.3 Å². The predicted molar refractivity (Wildman–Crippen MR) is 242 cm³/mol. The van der Waals surface area contributed by atoms with Crippen LogP contribution in [0.25, 0.3) is 11.0 Å². The van der Waals surface area contributed by atoms with Gasteiger partial charge in [0.25, 0.3) is 0 Å². The molecule has 5 fully saturated rings. The first-order valence-corrected chi connectivity index (χ1v) is 23.8. The Labute approximate surface area is 375 Å². The van der Waals surface area contributed by atoms with Gasteiger partial charge in [-0.25, -0.2) is 9.97 Å². The monoisotopic (exact) mass is 887 g/mol. The molecule has 4 amide bonds. The summed E-state index contributed by atoms with van der Waals surface area (Å²) < 4.78 is 6.55. The lowest BCUT2D eigenvalue weighted by atomic mass is 9.83. The Balaban J connectivity index is 0.743. The number of carbonyl (C=O) groups excluding carboxylic acids is 4. The summed E-state index contributed by atoms with van der Waals surface area (Å²) in [5.41, 5.74) is 7.62. The van der Waals surface area contributed by atoms with E-state index in [1.807, 2.05) is 46.3 Å². The maximum absolute atomic E-state index is 13.9. The van der Waals surface area contributed by atoms with Gasteiger partial charge in [-0.1, -0.05) is 43.0 Å². The molecule has 3 aromatic rings. The third-order valence-corrected chi connectivity index (χ3v) is 14.7. The third kappa shape index (κ3) is 11.3. The number of rotatable bonds is 15. The molecule has 4 saturated heterocycles. The minimum atomic E-state index is -1.00. The summed E-state index contributed by atoms with van der Waals surface area (Å²) in [6.07, 6.45) is 14.9. The summed E-state index contributed by atoms with van der Waals surface area (Å²) in [4.78, 5) is 74.8. The van der Waals surface area contributed by atoms with Crippen LogP contribution in [0.15, 0.2) is 42.9 Å². The number of anilines is 1. The number of likely N-dealkylation sites (tertiary alicyclic amines) is 2. The number of nitrogens with zero attached hydrogens (tertiary/aromatic N) is 7. The number of aromatic nitrogens is 3. The summed E-state index contributed by atoms with van der Waals surface area (Å²) in [7, 11) is 0. The molecule has 8 rings (SSSR count). The summed E-state index contributed by atoms with van der Waals surface area (Å²) in [5, 5.41) is 7.76. The van der Waals surface area contributed by atoms with E-state index >= 15 is 0 Å². The molecule has 2 unspecified atom stereocenters. The number of nitrogens with two attached hydrogens (primary N) is 1. The molecular weight excluding hydrogens is 822 g/mol. The second-order valence-electron chi connectivity index (χ2n) is 18.5. The zero-order valence-electron chi connectivity index (χ0n) is 36.6. The molecule has 4 aliphatic heterocycles. The average Bonchev–Trinajstić information content (AvgIpc) is 3.81. The van der Waals surface area contributed by atoms with Crippen LogP contribution in [0.2, 0.25) is 5.02 Å². The molecule has 5 N–H and O–H groups in total. The first kappa shape index (κ1) is 45.2. The molecule has 6 heterocycles. The number of hydrogen-bond acceptors (Lipinski definition) is 11. The van der Waals surface area contributed by atoms with E-state index in [9.17, 15) is 19.2 Å². The predicted octanol–water partition coefficient (Wildman–Crippen LogP) is 3.47. The zero-order chi connectivity index (χ0) is 43.8. The summed E-state index contributed by atoms with van der Waals surface area (Å²) in [5.74, 6) is 1.16. The Morgan fingerprint density at radius 2 is 1.52 bits per heavy atom. The van der Waals surface area contributed by atoms with E-state index in [4.69, 9.17) is 22.1 Å². The number of carbonyl (C=O) groups is 4. The Hall–Kier alpha value is -4.35. The molecule has 17 heteroatoms. The number of nitrogens with one attached hydrogen (secondary N) is 3. The summed E-state index contributed by atoms with van der Waals surface area (Å²) in [6, 6.07) is 8.97. The van der Waals surface area contributed by atoms with Crippen molar-refractivity contribution in [3.63, 3.8) is 0 Å². The molecule has 63 heavy (non-hydrogen) atoms. The Morgan fingerprint density at radius 1 is 0.841 bits per heavy atom. The lowest BCUT2D eigenvalue weighted by Crippen LogP contribution is -2.60. The highest BCUT2D eigenvalue weighted by Crippen LogP contribution is 2.31. The van der Waals surface area contributed by atoms with Crippen LogP contribution >= 0.6 is 11.6 Å². The van der Waals surface area contributed by atoms with Gasteiger partial charge < -0.3 is 40.8 Å². The van der Waals surface area contributed by atoms with Crippen LogP contribution in [0.4, 0.5) is 5.82 Å². The van der Waals surface area contributed by atoms with Gasteiger partial charge in [-0.05, 0) is 87.5 Å². The molecule has 1 saturated carbocycles. The second kappa shape index (κ2) is 21.1. The fourth-order valence-corrected chi connectivity index (χ4v) is 10.6. The third-order valence-electron chi connectivity index (χ3n) is 14.4. The molecular formula is C46H66ClN11O5. The number of halogens is 1. The molecule has 2 atom stereocenters. The fraction of sp³-hybridized carbons (Fsp3) is 0.652. The minimum Gasteiger partial charge on any atom is -0.375 e. The van der Waals surface area contributed by atoms with Crippen molar-refractivity contribution < 1.29 is 23.9 Å². The van der Waals surface area contributed by atoms with Crippen molar-refractivity contribution in [3.05, 3.63) is 53.4 Å². The maximum atomic E-state index is 13.9. The first-order valence-electron chi connectivity index (χ1n) is 23.4. The van der Waals surface area contributed by atoms with Crippen molar-refractivity contribution >= 4 is 52.6 Å². The lowest BCUT2D eigenvalue weighted by Gasteiger charge is -2.40. The van der Waals surface area contributed by atoms with Gasteiger partial charge >= 0.3 is 0 Å². The van der Waals surface area contributed by atoms with E-state index in [-0.39, 0.29) is 41.9 Å². The van der Waals surface area contributed by atoms with Crippen molar-refractivity contribution in [2.45, 2.75) is 107 Å². The number of hydrogen-bond donors (Lipinski definition) is 4. The highest BCUT2D eigenvalue weighted by Gasteiger charge is 2.40. The quantitative estimate of drug-likeness (QED) is 0.164. The van der Waals surface area contributed by atoms with Gasteiger partial charge in [0.1, 0.15) is 23.8 Å². The molecule has 1 aliphatic carbocycles. The van der Waals surface area contributed by atoms with Crippen LogP contribution in [0.1, 0.15) is 88.7 Å². The first-order chi connectivity index (χ1) is 30.7. The normalized spacial score (nSPS) is 22.2. The molecule has 5 aliphatic rings. The van der Waals surface area contributed by atoms with E-state index in [0.717, 1.165) is 107 Å². The zero-order valence-corrected chi connectivity index (χ0v) is 37.4. The highest BCUT2D eigenvalue weighted by molar-refractivity contribution is 6.30. The Morgan fingerprint density at radius 3 is 2.21 bits per heavy atom. The number of amides is 4. The van der Waals surface area contributed by atoms with Gasteiger partial charge in [0.05, 0.1) is 35.7 Å². The van der Waals surface area contributed by atoms with Crippen molar-refractivity contribution in [2.75, 3.05) is 83.4 Å². The maximum Gasteiger partial charge on any atom is 0.245 e. The van der Waals surface area contributed by atoms with Crippen LogP contribution in [0.5, 0.6) is 0 Å². The number of H-pyrrole nitrogens is 1. The number of piperazine rings is 1. The van der Waals surface area contributed by atoms with E-state index in [0.29, 0.717) is 76.5 Å². The van der Waals surface area contributed by atoms with Gasteiger partial charge in [0, 0.05) is 83.2 Å². The minimum absolute atomic E-state index is 0.0585. The Kier molecular flexibility index (Phi) is 15.1. The van der Waals surface area contributed by atoms with Crippen molar-refractivity contribution in [1.29, 1.82) is 0 Å². The lowest BCUT2D eigenvalue weighted by molar-refractivity contribution is -0.141. The van der Waals surface area contributed by atoms with Crippen molar-refractivity contribution in [3.8, 4) is 0 Å². The summed E-state index contributed by atoms with van der Waals surface area (Å²) in [6.45, 7) is 8.27. The van der Waals surface area contributed by atoms with Crippen molar-refractivity contribution in [2.24, 2.45) is 11.7 Å².